The van der Waals surface area contributed by atoms with Crippen LogP contribution in [0.2, 0.25) is 0 Å². The van der Waals surface area contributed by atoms with Gasteiger partial charge >= 0.3 is 6.18 Å². The Balaban J connectivity index is 0.000000269. The molecule has 0 saturated carbocycles. The summed E-state index contributed by atoms with van der Waals surface area (Å²) in [7, 11) is 0. The molecule has 0 unspecified atom stereocenters. The molecule has 0 aliphatic heterocycles. The van der Waals surface area contributed by atoms with Crippen molar-refractivity contribution in [1.29, 1.82) is 0 Å². The molecule has 5 rings (SSSR count). The van der Waals surface area contributed by atoms with Gasteiger partial charge in [-0.15, -0.1) is 29.1 Å². The molecule has 0 atom stereocenters. The van der Waals surface area contributed by atoms with Crippen molar-refractivity contribution in [2.75, 3.05) is 0 Å². The van der Waals surface area contributed by atoms with Gasteiger partial charge in [-0.2, -0.15) is 13.2 Å². The summed E-state index contributed by atoms with van der Waals surface area (Å²) >= 11 is 0. The van der Waals surface area contributed by atoms with Gasteiger partial charge in [0.15, 0.2) is 0 Å². The smallest absolute Gasteiger partial charge is 0.454 e. The topological polar surface area (TPSA) is 50.2 Å². The van der Waals surface area contributed by atoms with E-state index in [1.54, 1.807) is 0 Å². The first-order chi connectivity index (χ1) is 16.2. The number of aromatic nitrogens is 1. The molecular weight excluding hydrogens is 632 g/mol. The van der Waals surface area contributed by atoms with E-state index in [0.717, 1.165) is 18.2 Å². The van der Waals surface area contributed by atoms with E-state index >= 15 is 0 Å². The third-order valence-corrected chi connectivity index (χ3v) is 5.22. The van der Waals surface area contributed by atoms with Gasteiger partial charge < -0.3 is 10.1 Å². The summed E-state index contributed by atoms with van der Waals surface area (Å²) in [5, 5.41) is 15.6. The van der Waals surface area contributed by atoms with Crippen molar-refractivity contribution in [1.82, 2.24) is 4.98 Å². The molecule has 0 fully saturated rings. The first-order valence-electron chi connectivity index (χ1n) is 10.4. The van der Waals surface area contributed by atoms with Crippen LogP contribution in [0.1, 0.15) is 6.92 Å². The maximum absolute atomic E-state index is 11.3. The molecule has 1 aromatic heterocycles. The molecule has 0 aliphatic rings. The largest absolute Gasteiger partial charge is 0.512 e. The van der Waals surface area contributed by atoms with Crippen molar-refractivity contribution in [2.45, 2.75) is 13.1 Å². The Kier molecular flexibility index (Phi) is 8.05. The molecule has 1 N–H and O–H groups in total. The number of carbonyl (C=O) groups is 1. The SMILES string of the molecule is C/C(O)=C/C(=O)C(F)(F)F.[Ir].[c-]1cc2ccccc2cc1-c1nccc2c1ccc1ccccc12. The van der Waals surface area contributed by atoms with Crippen molar-refractivity contribution in [2.24, 2.45) is 0 Å². The maximum Gasteiger partial charge on any atom is 0.454 e. The van der Waals surface area contributed by atoms with E-state index in [4.69, 9.17) is 5.11 Å². The molecule has 1 radical (unpaired) electrons. The van der Waals surface area contributed by atoms with Crippen LogP contribution in [0.25, 0.3) is 43.6 Å². The van der Waals surface area contributed by atoms with Gasteiger partial charge in [0.25, 0.3) is 5.78 Å². The average Bonchev–Trinajstić information content (AvgIpc) is 2.82. The predicted octanol–water partition coefficient (Wildman–Crippen LogP) is 7.59. The summed E-state index contributed by atoms with van der Waals surface area (Å²) in [5.74, 6) is -2.70. The van der Waals surface area contributed by atoms with Gasteiger partial charge in [-0.1, -0.05) is 66.0 Å². The zero-order valence-corrected chi connectivity index (χ0v) is 20.8. The minimum absolute atomic E-state index is 0. The van der Waals surface area contributed by atoms with Crippen LogP contribution >= 0.6 is 0 Å². The van der Waals surface area contributed by atoms with Crippen LogP contribution in [-0.2, 0) is 24.9 Å². The Labute approximate surface area is 213 Å². The van der Waals surface area contributed by atoms with Crippen molar-refractivity contribution in [3.8, 4) is 11.3 Å². The summed E-state index contributed by atoms with van der Waals surface area (Å²) in [6, 6.07) is 30.9. The second-order valence-electron chi connectivity index (χ2n) is 7.66. The van der Waals surface area contributed by atoms with Gasteiger partial charge in [-0.05, 0) is 40.2 Å². The summed E-state index contributed by atoms with van der Waals surface area (Å²) < 4.78 is 33.9. The summed E-state index contributed by atoms with van der Waals surface area (Å²) in [6.45, 7) is 0.990. The third-order valence-electron chi connectivity index (χ3n) is 5.22. The van der Waals surface area contributed by atoms with E-state index in [9.17, 15) is 18.0 Å². The van der Waals surface area contributed by atoms with Gasteiger partial charge in [-0.3, -0.25) is 4.79 Å². The predicted molar refractivity (Wildman–Crippen MR) is 128 cm³/mol. The van der Waals surface area contributed by atoms with Crippen LogP contribution in [0.4, 0.5) is 13.2 Å². The molecule has 0 saturated heterocycles. The fourth-order valence-corrected chi connectivity index (χ4v) is 3.69. The minimum atomic E-state index is -4.88. The molecule has 4 aromatic carbocycles. The molecule has 0 spiro atoms. The van der Waals surface area contributed by atoms with Crippen LogP contribution in [0.15, 0.2) is 96.9 Å². The van der Waals surface area contributed by atoms with Crippen molar-refractivity contribution < 1.29 is 43.2 Å². The number of nitrogens with zero attached hydrogens (tertiary/aromatic N) is 1. The van der Waals surface area contributed by atoms with E-state index in [-0.39, 0.29) is 26.2 Å². The number of halogens is 3. The Morgan fingerprint density at radius 3 is 2.20 bits per heavy atom. The molecule has 3 nitrogen and oxygen atoms in total. The maximum atomic E-state index is 11.3. The number of carbonyl (C=O) groups excluding carboxylic acids is 1. The van der Waals surface area contributed by atoms with E-state index in [1.165, 1.54) is 32.3 Å². The van der Waals surface area contributed by atoms with Gasteiger partial charge in [0, 0.05) is 32.4 Å². The molecule has 179 valence electrons. The summed E-state index contributed by atoms with van der Waals surface area (Å²) in [4.78, 5) is 14.6. The number of hydrogen-bond acceptors (Lipinski definition) is 3. The van der Waals surface area contributed by atoms with Crippen molar-refractivity contribution >= 4 is 38.1 Å². The number of benzene rings is 4. The van der Waals surface area contributed by atoms with Crippen LogP contribution in [0, 0.1) is 6.07 Å². The number of aliphatic hydroxyl groups excluding tert-OH is 1. The normalized spacial score (nSPS) is 11.6. The molecule has 0 amide bonds. The summed E-state index contributed by atoms with van der Waals surface area (Å²) in [6.07, 6.45) is -2.86. The van der Waals surface area contributed by atoms with Gasteiger partial charge in [0.2, 0.25) is 0 Å². The number of fused-ring (bicyclic) bond motifs is 4. The van der Waals surface area contributed by atoms with Gasteiger partial charge in [-0.25, -0.2) is 0 Å². The van der Waals surface area contributed by atoms with E-state index in [2.05, 4.69) is 83.8 Å². The number of alkyl halides is 3. The van der Waals surface area contributed by atoms with Crippen molar-refractivity contribution in [3.63, 3.8) is 0 Å². The Morgan fingerprint density at radius 1 is 0.886 bits per heavy atom. The number of hydrogen-bond donors (Lipinski definition) is 1. The average molecular weight is 651 g/mol. The first-order valence-corrected chi connectivity index (χ1v) is 10.4. The Morgan fingerprint density at radius 2 is 1.54 bits per heavy atom. The van der Waals surface area contributed by atoms with Gasteiger partial charge in [0.05, 0.1) is 5.76 Å². The molecule has 35 heavy (non-hydrogen) atoms. The molecule has 0 bridgehead atoms. The zero-order valence-electron chi connectivity index (χ0n) is 18.4. The van der Waals surface area contributed by atoms with E-state index < -0.39 is 17.7 Å². The van der Waals surface area contributed by atoms with Crippen LogP contribution in [-0.4, -0.2) is 22.1 Å². The Bertz CT molecular complexity index is 1540. The Hall–Kier alpha value is -3.54. The number of rotatable bonds is 2. The van der Waals surface area contributed by atoms with E-state index in [0.29, 0.717) is 0 Å². The number of aliphatic hydroxyl groups is 1. The molecule has 7 heteroatoms. The fraction of sp³-hybridized carbons (Fsp3) is 0.0714. The first kappa shape index (κ1) is 26.1. The number of ketones is 1. The monoisotopic (exact) mass is 651 g/mol. The fourth-order valence-electron chi connectivity index (χ4n) is 3.69. The van der Waals surface area contributed by atoms with E-state index in [1.807, 2.05) is 12.3 Å². The minimum Gasteiger partial charge on any atom is -0.512 e. The van der Waals surface area contributed by atoms with Crippen LogP contribution in [0.3, 0.4) is 0 Å². The molecule has 0 aliphatic carbocycles. The number of pyridine rings is 1. The summed E-state index contributed by atoms with van der Waals surface area (Å²) in [5.41, 5.74) is 2.03. The number of allylic oxidation sites excluding steroid dienone is 2. The zero-order chi connectivity index (χ0) is 24.3. The molecular formula is C28H19F3IrNO2-. The third kappa shape index (κ3) is 5.94. The standard InChI is InChI=1S/C23H14N.C5H5F3O2.Ir/c1-2-7-18-15-19(10-9-16(18)5-1)23-22-12-11-17-6-3-4-8-20(17)21(22)13-14-24-23;1-3(9)2-4(10)5(6,7)8;/h1-9,11-15H;2,9H,1H3;/q-1;;/b;3-2-;. The van der Waals surface area contributed by atoms with Crippen molar-refractivity contribution in [3.05, 3.63) is 103 Å². The molecule has 5 aromatic rings. The van der Waals surface area contributed by atoms with Crippen LogP contribution < -0.4 is 0 Å². The van der Waals surface area contributed by atoms with Crippen LogP contribution in [0.5, 0.6) is 0 Å². The molecule has 1 heterocycles. The quantitative estimate of drug-likeness (QED) is 0.0928. The van der Waals surface area contributed by atoms with Gasteiger partial charge in [0.1, 0.15) is 0 Å². The second kappa shape index (κ2) is 10.8. The second-order valence-corrected chi connectivity index (χ2v) is 7.66.